The van der Waals surface area contributed by atoms with Crippen LogP contribution in [0.1, 0.15) is 12.5 Å². The average Bonchev–Trinajstić information content (AvgIpc) is 3.17. The highest BCUT2D eigenvalue weighted by atomic mass is 15.0. The minimum atomic E-state index is 1.01. The monoisotopic (exact) mass is 410 g/mol. The number of rotatable bonds is 2. The quantitative estimate of drug-likeness (QED) is 0.330. The van der Waals surface area contributed by atoms with Crippen LogP contribution in [-0.4, -0.2) is 4.57 Å². The molecular formula is C30H22N2. The summed E-state index contributed by atoms with van der Waals surface area (Å²) in [7, 11) is 0. The smallest absolute Gasteiger partial charge is 0.0704 e. The lowest BCUT2D eigenvalue weighted by Gasteiger charge is -2.09. The van der Waals surface area contributed by atoms with Crippen molar-refractivity contribution in [3.05, 3.63) is 132 Å². The number of benzene rings is 4. The maximum atomic E-state index is 4.68. The fourth-order valence-electron chi connectivity index (χ4n) is 4.66. The zero-order valence-electron chi connectivity index (χ0n) is 17.9. The van der Waals surface area contributed by atoms with Crippen molar-refractivity contribution >= 4 is 33.0 Å². The Balaban J connectivity index is 1.60. The Bertz CT molecular complexity index is 1670. The summed E-state index contributed by atoms with van der Waals surface area (Å²) in [6.07, 6.45) is 6.28. The van der Waals surface area contributed by atoms with Gasteiger partial charge in [-0.1, -0.05) is 66.7 Å². The number of para-hydroxylation sites is 3. The van der Waals surface area contributed by atoms with E-state index in [0.29, 0.717) is 0 Å². The third-order valence-corrected chi connectivity index (χ3v) is 6.19. The molecule has 152 valence electrons. The van der Waals surface area contributed by atoms with Crippen LogP contribution in [0.15, 0.2) is 120 Å². The van der Waals surface area contributed by atoms with Gasteiger partial charge in [-0.05, 0) is 66.1 Å². The van der Waals surface area contributed by atoms with E-state index in [1.807, 2.05) is 12.3 Å². The molecule has 6 rings (SSSR count). The van der Waals surface area contributed by atoms with Gasteiger partial charge in [0.2, 0.25) is 0 Å². The van der Waals surface area contributed by atoms with E-state index in [0.717, 1.165) is 5.36 Å². The van der Waals surface area contributed by atoms with Gasteiger partial charge in [0.1, 0.15) is 0 Å². The molecule has 2 heterocycles. The summed E-state index contributed by atoms with van der Waals surface area (Å²) in [5.74, 6) is 0. The SMILES string of the molecule is CC1=c2/cccc/c2=N/C=C/C(c2ccc3c(c2)c2ccccc2n3-c2ccccc2)=C\1. The molecule has 0 bridgehead atoms. The van der Waals surface area contributed by atoms with Crippen molar-refractivity contribution in [1.29, 1.82) is 0 Å². The van der Waals surface area contributed by atoms with Crippen molar-refractivity contribution in [2.75, 3.05) is 0 Å². The van der Waals surface area contributed by atoms with E-state index < -0.39 is 0 Å². The van der Waals surface area contributed by atoms with E-state index in [1.165, 1.54) is 49.4 Å². The first-order chi connectivity index (χ1) is 15.8. The van der Waals surface area contributed by atoms with Crippen LogP contribution in [0.2, 0.25) is 0 Å². The van der Waals surface area contributed by atoms with Gasteiger partial charge in [0.05, 0.1) is 16.4 Å². The minimum absolute atomic E-state index is 1.01. The van der Waals surface area contributed by atoms with Crippen LogP contribution < -0.4 is 10.6 Å². The molecule has 2 heteroatoms. The highest BCUT2D eigenvalue weighted by molar-refractivity contribution is 6.10. The van der Waals surface area contributed by atoms with E-state index in [9.17, 15) is 0 Å². The molecule has 0 unspecified atom stereocenters. The molecule has 0 spiro atoms. The van der Waals surface area contributed by atoms with E-state index in [4.69, 9.17) is 0 Å². The number of hydrogen-bond acceptors (Lipinski definition) is 1. The molecule has 1 aliphatic rings. The maximum absolute atomic E-state index is 4.68. The highest BCUT2D eigenvalue weighted by Crippen LogP contribution is 2.34. The molecule has 4 aromatic carbocycles. The second-order valence-corrected chi connectivity index (χ2v) is 8.16. The molecule has 1 aromatic heterocycles. The topological polar surface area (TPSA) is 17.3 Å². The minimum Gasteiger partial charge on any atom is -0.309 e. The summed E-state index contributed by atoms with van der Waals surface area (Å²) in [5, 5.41) is 4.71. The lowest BCUT2D eigenvalue weighted by Crippen LogP contribution is -2.25. The molecule has 0 N–H and O–H groups in total. The normalized spacial score (nSPS) is 18.8. The van der Waals surface area contributed by atoms with Crippen molar-refractivity contribution in [3.63, 3.8) is 0 Å². The van der Waals surface area contributed by atoms with Crippen LogP contribution in [0.3, 0.4) is 0 Å². The molecule has 0 fully saturated rings. The lowest BCUT2D eigenvalue weighted by molar-refractivity contribution is 1.18. The standard InChI is InChI=1S/C30H22N2/c1-21-19-23(17-18-31-28-13-7-5-11-25(21)28)22-15-16-30-27(20-22)26-12-6-8-14-29(26)32(30)24-9-3-2-4-10-24/h2-20H,1H3/b18-17+,21-19?,23-17?,23-19+,25-21+,31-18?,31-28-. The van der Waals surface area contributed by atoms with Crippen molar-refractivity contribution in [1.82, 2.24) is 4.57 Å². The number of allylic oxidation sites excluding steroid dienone is 3. The predicted octanol–water partition coefficient (Wildman–Crippen LogP) is 6.18. The highest BCUT2D eigenvalue weighted by Gasteiger charge is 2.13. The zero-order chi connectivity index (χ0) is 21.5. The van der Waals surface area contributed by atoms with Gasteiger partial charge in [-0.15, -0.1) is 0 Å². The van der Waals surface area contributed by atoms with Crippen molar-refractivity contribution in [3.8, 4) is 5.69 Å². The molecule has 5 aromatic rings. The zero-order valence-corrected chi connectivity index (χ0v) is 17.9. The van der Waals surface area contributed by atoms with Crippen molar-refractivity contribution < 1.29 is 0 Å². The first-order valence-corrected chi connectivity index (χ1v) is 10.9. The van der Waals surface area contributed by atoms with Gasteiger partial charge < -0.3 is 4.57 Å². The third-order valence-electron chi connectivity index (χ3n) is 6.19. The molecule has 0 atom stereocenters. The molecule has 0 radical (unpaired) electrons. The first kappa shape index (κ1) is 18.6. The van der Waals surface area contributed by atoms with Gasteiger partial charge in [-0.25, -0.2) is 0 Å². The summed E-state index contributed by atoms with van der Waals surface area (Å²) < 4.78 is 2.35. The van der Waals surface area contributed by atoms with Crippen molar-refractivity contribution in [2.24, 2.45) is 4.99 Å². The second-order valence-electron chi connectivity index (χ2n) is 8.16. The predicted molar refractivity (Wildman–Crippen MR) is 134 cm³/mol. The third kappa shape index (κ3) is 3.00. The molecule has 0 saturated heterocycles. The Morgan fingerprint density at radius 1 is 0.688 bits per heavy atom. The second kappa shape index (κ2) is 7.51. The van der Waals surface area contributed by atoms with Crippen molar-refractivity contribution in [2.45, 2.75) is 6.92 Å². The average molecular weight is 411 g/mol. The van der Waals surface area contributed by atoms with Crippen LogP contribution >= 0.6 is 0 Å². The fourth-order valence-corrected chi connectivity index (χ4v) is 4.66. The number of nitrogens with zero attached hydrogens (tertiary/aromatic N) is 2. The van der Waals surface area contributed by atoms with Gasteiger partial charge in [0.25, 0.3) is 0 Å². The molecule has 2 nitrogen and oxygen atoms in total. The molecule has 0 aliphatic carbocycles. The Kier molecular flexibility index (Phi) is 4.36. The van der Waals surface area contributed by atoms with Gasteiger partial charge >= 0.3 is 0 Å². The number of fused-ring (bicyclic) bond motifs is 4. The van der Waals surface area contributed by atoms with E-state index in [2.05, 4.69) is 120 Å². The summed E-state index contributed by atoms with van der Waals surface area (Å²) in [4.78, 5) is 4.68. The van der Waals surface area contributed by atoms with E-state index in [-0.39, 0.29) is 0 Å². The summed E-state index contributed by atoms with van der Waals surface area (Å²) in [5.41, 5.74) is 7.19. The molecule has 0 saturated carbocycles. The van der Waals surface area contributed by atoms with Crippen LogP contribution in [0.5, 0.6) is 0 Å². The van der Waals surface area contributed by atoms with Gasteiger partial charge in [0.15, 0.2) is 0 Å². The molecule has 32 heavy (non-hydrogen) atoms. The largest absolute Gasteiger partial charge is 0.309 e. The Hall–Kier alpha value is -4.17. The van der Waals surface area contributed by atoms with Crippen LogP contribution in [0.4, 0.5) is 0 Å². The number of aromatic nitrogens is 1. The summed E-state index contributed by atoms with van der Waals surface area (Å²) in [6, 6.07) is 34.3. The van der Waals surface area contributed by atoms with E-state index in [1.54, 1.807) is 0 Å². The fraction of sp³-hybridized carbons (Fsp3) is 0.0333. The maximum Gasteiger partial charge on any atom is 0.0704 e. The molecular weight excluding hydrogens is 388 g/mol. The van der Waals surface area contributed by atoms with Gasteiger partial charge in [0, 0.05) is 27.9 Å². The lowest BCUT2D eigenvalue weighted by atomic mass is 9.99. The summed E-state index contributed by atoms with van der Waals surface area (Å²) >= 11 is 0. The Morgan fingerprint density at radius 3 is 2.34 bits per heavy atom. The Morgan fingerprint density at radius 2 is 1.44 bits per heavy atom. The van der Waals surface area contributed by atoms with Crippen LogP contribution in [-0.2, 0) is 0 Å². The first-order valence-electron chi connectivity index (χ1n) is 10.9. The Labute approximate surface area is 186 Å². The number of hydrogen-bond donors (Lipinski definition) is 0. The summed E-state index contributed by atoms with van der Waals surface area (Å²) in [6.45, 7) is 2.16. The molecule has 0 amide bonds. The van der Waals surface area contributed by atoms with Gasteiger partial charge in [-0.3, -0.25) is 4.99 Å². The van der Waals surface area contributed by atoms with Crippen LogP contribution in [0, 0.1) is 0 Å². The van der Waals surface area contributed by atoms with Gasteiger partial charge in [-0.2, -0.15) is 0 Å². The van der Waals surface area contributed by atoms with E-state index >= 15 is 0 Å². The molecule has 1 aliphatic heterocycles. The van der Waals surface area contributed by atoms with Crippen LogP contribution in [0.25, 0.3) is 38.6 Å².